The van der Waals surface area contributed by atoms with Crippen molar-refractivity contribution >= 4 is 23.1 Å². The van der Waals surface area contributed by atoms with E-state index in [1.165, 1.54) is 0 Å². The van der Waals surface area contributed by atoms with Gasteiger partial charge in [0.15, 0.2) is 5.84 Å². The highest BCUT2D eigenvalue weighted by atomic mass is 32.1. The number of hydrogen-bond donors (Lipinski definition) is 2. The molecule has 0 radical (unpaired) electrons. The predicted octanol–water partition coefficient (Wildman–Crippen LogP) is 1.87. The minimum absolute atomic E-state index is 0.0148. The Bertz CT molecular complexity index is 403. The molecule has 0 spiro atoms. The molecule has 0 saturated heterocycles. The standard InChI is InChI=1S/C12H19N3O2S/c1-3-4-10(11(13)14-17)12(16)15(2)7-9-5-6-18-8-9/h5-6,8,10,17H,3-4,7H2,1-2H3,(H2,13,14). The summed E-state index contributed by atoms with van der Waals surface area (Å²) in [5.41, 5.74) is 6.66. The maximum Gasteiger partial charge on any atom is 0.233 e. The fourth-order valence-electron chi connectivity index (χ4n) is 1.76. The normalized spacial score (nSPS) is 13.3. The topological polar surface area (TPSA) is 78.9 Å². The number of nitrogens with two attached hydrogens (primary N) is 1. The van der Waals surface area contributed by atoms with Crippen molar-refractivity contribution in [2.45, 2.75) is 26.3 Å². The fourth-order valence-corrected chi connectivity index (χ4v) is 2.42. The molecule has 1 aromatic heterocycles. The largest absolute Gasteiger partial charge is 0.409 e. The lowest BCUT2D eigenvalue weighted by atomic mass is 10.0. The van der Waals surface area contributed by atoms with E-state index in [1.807, 2.05) is 23.8 Å². The van der Waals surface area contributed by atoms with Crippen LogP contribution in [0.3, 0.4) is 0 Å². The molecule has 0 saturated carbocycles. The first-order valence-electron chi connectivity index (χ1n) is 5.83. The van der Waals surface area contributed by atoms with Gasteiger partial charge in [0.2, 0.25) is 5.91 Å². The minimum Gasteiger partial charge on any atom is -0.409 e. The monoisotopic (exact) mass is 269 g/mol. The van der Waals surface area contributed by atoms with Crippen molar-refractivity contribution in [2.24, 2.45) is 16.8 Å². The molecule has 0 aliphatic carbocycles. The number of hydrogen-bond acceptors (Lipinski definition) is 4. The highest BCUT2D eigenvalue weighted by Crippen LogP contribution is 2.14. The molecule has 1 amide bonds. The Morgan fingerprint density at radius 2 is 2.39 bits per heavy atom. The zero-order valence-electron chi connectivity index (χ0n) is 10.7. The minimum atomic E-state index is -0.538. The third-order valence-corrected chi connectivity index (χ3v) is 3.46. The number of oxime groups is 1. The van der Waals surface area contributed by atoms with Crippen LogP contribution < -0.4 is 5.73 Å². The molecule has 1 heterocycles. The number of carbonyl (C=O) groups is 1. The third-order valence-electron chi connectivity index (χ3n) is 2.72. The van der Waals surface area contributed by atoms with E-state index in [-0.39, 0.29) is 11.7 Å². The van der Waals surface area contributed by atoms with Crippen molar-refractivity contribution < 1.29 is 10.0 Å². The van der Waals surface area contributed by atoms with E-state index in [9.17, 15) is 4.79 Å². The molecule has 0 aliphatic heterocycles. The second-order valence-corrected chi connectivity index (χ2v) is 4.97. The quantitative estimate of drug-likeness (QED) is 0.358. The molecular formula is C12H19N3O2S. The summed E-state index contributed by atoms with van der Waals surface area (Å²) in [5.74, 6) is -0.666. The average Bonchev–Trinajstić information content (AvgIpc) is 2.87. The summed E-state index contributed by atoms with van der Waals surface area (Å²) >= 11 is 1.60. The lowest BCUT2D eigenvalue weighted by Crippen LogP contribution is -2.39. The fraction of sp³-hybridized carbons (Fsp3) is 0.500. The van der Waals surface area contributed by atoms with Crippen molar-refractivity contribution in [1.29, 1.82) is 0 Å². The van der Waals surface area contributed by atoms with Crippen LogP contribution in [0.25, 0.3) is 0 Å². The lowest BCUT2D eigenvalue weighted by Gasteiger charge is -2.22. The maximum absolute atomic E-state index is 12.2. The van der Waals surface area contributed by atoms with Gasteiger partial charge in [-0.05, 0) is 28.8 Å². The van der Waals surface area contributed by atoms with Gasteiger partial charge in [-0.15, -0.1) is 0 Å². The smallest absolute Gasteiger partial charge is 0.233 e. The molecule has 3 N–H and O–H groups in total. The van der Waals surface area contributed by atoms with E-state index in [0.29, 0.717) is 13.0 Å². The van der Waals surface area contributed by atoms with Gasteiger partial charge in [0.25, 0.3) is 0 Å². The van der Waals surface area contributed by atoms with Crippen LogP contribution in [0, 0.1) is 5.92 Å². The number of carbonyl (C=O) groups excluding carboxylic acids is 1. The van der Waals surface area contributed by atoms with Crippen LogP contribution in [0.5, 0.6) is 0 Å². The number of amidine groups is 1. The Morgan fingerprint density at radius 1 is 1.67 bits per heavy atom. The van der Waals surface area contributed by atoms with Crippen molar-refractivity contribution in [2.75, 3.05) is 7.05 Å². The van der Waals surface area contributed by atoms with Gasteiger partial charge in [-0.25, -0.2) is 0 Å². The van der Waals surface area contributed by atoms with Crippen LogP contribution in [-0.4, -0.2) is 28.9 Å². The van der Waals surface area contributed by atoms with Crippen LogP contribution in [0.2, 0.25) is 0 Å². The molecule has 0 bridgehead atoms. The zero-order chi connectivity index (χ0) is 13.5. The Hall–Kier alpha value is -1.56. The van der Waals surface area contributed by atoms with Crippen LogP contribution in [-0.2, 0) is 11.3 Å². The molecule has 1 unspecified atom stereocenters. The van der Waals surface area contributed by atoms with Gasteiger partial charge in [0, 0.05) is 13.6 Å². The Kier molecular flexibility index (Phi) is 5.64. The molecule has 1 atom stereocenters. The summed E-state index contributed by atoms with van der Waals surface area (Å²) < 4.78 is 0. The summed E-state index contributed by atoms with van der Waals surface area (Å²) in [6, 6.07) is 1.98. The lowest BCUT2D eigenvalue weighted by molar-refractivity contribution is -0.132. The molecule has 6 heteroatoms. The van der Waals surface area contributed by atoms with E-state index in [0.717, 1.165) is 12.0 Å². The summed E-state index contributed by atoms with van der Waals surface area (Å²) in [7, 11) is 1.73. The predicted molar refractivity (Wildman–Crippen MR) is 72.6 cm³/mol. The van der Waals surface area contributed by atoms with Crippen LogP contribution >= 0.6 is 11.3 Å². The zero-order valence-corrected chi connectivity index (χ0v) is 11.5. The van der Waals surface area contributed by atoms with E-state index >= 15 is 0 Å². The average molecular weight is 269 g/mol. The van der Waals surface area contributed by atoms with Gasteiger partial charge in [-0.2, -0.15) is 11.3 Å². The molecule has 1 rings (SSSR count). The van der Waals surface area contributed by atoms with Gasteiger partial charge < -0.3 is 15.8 Å². The Morgan fingerprint density at radius 3 is 2.89 bits per heavy atom. The van der Waals surface area contributed by atoms with E-state index in [1.54, 1.807) is 23.3 Å². The summed E-state index contributed by atoms with van der Waals surface area (Å²) in [4.78, 5) is 13.8. The Balaban J connectivity index is 2.70. The van der Waals surface area contributed by atoms with Crippen molar-refractivity contribution in [3.63, 3.8) is 0 Å². The van der Waals surface area contributed by atoms with Gasteiger partial charge >= 0.3 is 0 Å². The van der Waals surface area contributed by atoms with Crippen molar-refractivity contribution in [1.82, 2.24) is 4.90 Å². The molecule has 0 aliphatic rings. The number of thiophene rings is 1. The number of amides is 1. The third kappa shape index (κ3) is 3.73. The SMILES string of the molecule is CCCC(C(=O)N(C)Cc1ccsc1)C(N)=NO. The van der Waals surface area contributed by atoms with Gasteiger partial charge in [-0.1, -0.05) is 18.5 Å². The van der Waals surface area contributed by atoms with Crippen LogP contribution in [0.4, 0.5) is 0 Å². The molecule has 0 fully saturated rings. The first-order chi connectivity index (χ1) is 8.60. The molecular weight excluding hydrogens is 250 g/mol. The summed E-state index contributed by atoms with van der Waals surface area (Å²) in [6.45, 7) is 2.51. The van der Waals surface area contributed by atoms with Gasteiger partial charge in [0.05, 0.1) is 5.92 Å². The van der Waals surface area contributed by atoms with E-state index in [4.69, 9.17) is 10.9 Å². The van der Waals surface area contributed by atoms with Gasteiger partial charge in [-0.3, -0.25) is 4.79 Å². The first-order valence-corrected chi connectivity index (χ1v) is 6.77. The molecule has 100 valence electrons. The van der Waals surface area contributed by atoms with Crippen molar-refractivity contribution in [3.8, 4) is 0 Å². The summed E-state index contributed by atoms with van der Waals surface area (Å²) in [6.07, 6.45) is 1.39. The van der Waals surface area contributed by atoms with Gasteiger partial charge in [0.1, 0.15) is 0 Å². The summed E-state index contributed by atoms with van der Waals surface area (Å²) in [5, 5.41) is 15.6. The number of rotatable bonds is 6. The Labute approximate surface area is 111 Å². The van der Waals surface area contributed by atoms with Crippen molar-refractivity contribution in [3.05, 3.63) is 22.4 Å². The maximum atomic E-state index is 12.2. The van der Waals surface area contributed by atoms with Crippen LogP contribution in [0.1, 0.15) is 25.3 Å². The second-order valence-electron chi connectivity index (χ2n) is 4.19. The highest BCUT2D eigenvalue weighted by Gasteiger charge is 2.25. The first kappa shape index (κ1) is 14.5. The van der Waals surface area contributed by atoms with Crippen LogP contribution in [0.15, 0.2) is 22.0 Å². The molecule has 0 aromatic carbocycles. The second kappa shape index (κ2) is 7.00. The van der Waals surface area contributed by atoms with E-state index in [2.05, 4.69) is 5.16 Å². The molecule has 1 aromatic rings. The molecule has 5 nitrogen and oxygen atoms in total. The highest BCUT2D eigenvalue weighted by molar-refractivity contribution is 7.07. The number of nitrogens with zero attached hydrogens (tertiary/aromatic N) is 2. The molecule has 18 heavy (non-hydrogen) atoms. The van der Waals surface area contributed by atoms with E-state index < -0.39 is 5.92 Å².